The lowest BCUT2D eigenvalue weighted by molar-refractivity contribution is 0.207. The van der Waals surface area contributed by atoms with Crippen LogP contribution in [-0.2, 0) is 12.0 Å². The number of hydrogen-bond donors (Lipinski definition) is 1. The fourth-order valence-electron chi connectivity index (χ4n) is 3.93. The Labute approximate surface area is 122 Å². The maximum absolute atomic E-state index is 13.6. The Morgan fingerprint density at radius 2 is 2.10 bits per heavy atom. The Bertz CT molecular complexity index is 754. The molecule has 2 atom stereocenters. The van der Waals surface area contributed by atoms with Crippen molar-refractivity contribution in [3.8, 4) is 0 Å². The standard InChI is InChI=1S/C17H17FN2O/c18-14-4-1-3-13(7-14)17-8-12(9-19-10-17)15-5-2-6-16(21)20(15)11-17/h1-7,12,19H,8-11H2/t12-,17-/m1/s1. The number of hydrogen-bond acceptors (Lipinski definition) is 2. The molecule has 0 radical (unpaired) electrons. The lowest BCUT2D eigenvalue weighted by Crippen LogP contribution is -2.54. The van der Waals surface area contributed by atoms with Gasteiger partial charge in [0.1, 0.15) is 5.82 Å². The fourth-order valence-corrected chi connectivity index (χ4v) is 3.93. The molecule has 21 heavy (non-hydrogen) atoms. The van der Waals surface area contributed by atoms with Gasteiger partial charge in [-0.3, -0.25) is 4.79 Å². The summed E-state index contributed by atoms with van der Waals surface area (Å²) in [5.74, 6) is 0.0971. The summed E-state index contributed by atoms with van der Waals surface area (Å²) in [6.45, 7) is 2.28. The summed E-state index contributed by atoms with van der Waals surface area (Å²) in [5, 5.41) is 3.47. The SMILES string of the molecule is O=c1cccc2n1C[C@]1(c3cccc(F)c3)CNC[C@H]2C1. The van der Waals surface area contributed by atoms with Gasteiger partial charge in [0.05, 0.1) is 0 Å². The molecule has 1 fully saturated rings. The average molecular weight is 284 g/mol. The van der Waals surface area contributed by atoms with Crippen LogP contribution in [0.5, 0.6) is 0 Å². The summed E-state index contributed by atoms with van der Waals surface area (Å²) in [4.78, 5) is 12.2. The zero-order valence-electron chi connectivity index (χ0n) is 11.7. The molecule has 108 valence electrons. The second kappa shape index (κ2) is 4.53. The average Bonchev–Trinajstić information content (AvgIpc) is 2.49. The number of rotatable bonds is 1. The molecule has 1 N–H and O–H groups in total. The second-order valence-corrected chi connectivity index (χ2v) is 6.20. The van der Waals surface area contributed by atoms with E-state index in [1.165, 1.54) is 6.07 Å². The number of nitrogens with zero attached hydrogens (tertiary/aromatic N) is 1. The summed E-state index contributed by atoms with van der Waals surface area (Å²) in [7, 11) is 0. The highest BCUT2D eigenvalue weighted by Gasteiger charge is 2.43. The third-order valence-electron chi connectivity index (χ3n) is 4.89. The van der Waals surface area contributed by atoms with E-state index in [0.29, 0.717) is 12.5 Å². The molecule has 4 heteroatoms. The van der Waals surface area contributed by atoms with Gasteiger partial charge in [-0.1, -0.05) is 18.2 Å². The number of benzene rings is 1. The van der Waals surface area contributed by atoms with Crippen molar-refractivity contribution in [3.63, 3.8) is 0 Å². The molecule has 0 saturated carbocycles. The smallest absolute Gasteiger partial charge is 0.250 e. The van der Waals surface area contributed by atoms with Crippen LogP contribution in [0.15, 0.2) is 47.3 Å². The maximum Gasteiger partial charge on any atom is 0.250 e. The van der Waals surface area contributed by atoms with Crippen LogP contribution >= 0.6 is 0 Å². The number of fused-ring (bicyclic) bond motifs is 4. The van der Waals surface area contributed by atoms with Gasteiger partial charge in [0, 0.05) is 42.7 Å². The van der Waals surface area contributed by atoms with Gasteiger partial charge in [0.2, 0.25) is 0 Å². The fraction of sp³-hybridized carbons (Fsp3) is 0.353. The van der Waals surface area contributed by atoms with Crippen LogP contribution in [0.25, 0.3) is 0 Å². The first kappa shape index (κ1) is 12.8. The van der Waals surface area contributed by atoms with Crippen LogP contribution in [0, 0.1) is 5.82 Å². The van der Waals surface area contributed by atoms with Gasteiger partial charge >= 0.3 is 0 Å². The highest BCUT2D eigenvalue weighted by atomic mass is 19.1. The Morgan fingerprint density at radius 3 is 2.95 bits per heavy atom. The van der Waals surface area contributed by atoms with E-state index in [-0.39, 0.29) is 16.8 Å². The first-order chi connectivity index (χ1) is 10.2. The molecule has 1 aromatic heterocycles. The van der Waals surface area contributed by atoms with Crippen molar-refractivity contribution in [1.29, 1.82) is 0 Å². The number of pyridine rings is 1. The van der Waals surface area contributed by atoms with E-state index in [9.17, 15) is 9.18 Å². The monoisotopic (exact) mass is 284 g/mol. The van der Waals surface area contributed by atoms with Crippen LogP contribution in [0.1, 0.15) is 23.6 Å². The minimum Gasteiger partial charge on any atom is -0.315 e. The van der Waals surface area contributed by atoms with Crippen LogP contribution in [-0.4, -0.2) is 17.7 Å². The lowest BCUT2D eigenvalue weighted by atomic mass is 9.68. The molecular formula is C17H17FN2O. The molecule has 1 aromatic carbocycles. The van der Waals surface area contributed by atoms with Gasteiger partial charge in [0.25, 0.3) is 5.56 Å². The first-order valence-electron chi connectivity index (χ1n) is 7.34. The topological polar surface area (TPSA) is 34.0 Å². The normalized spacial score (nSPS) is 27.2. The Morgan fingerprint density at radius 1 is 1.24 bits per heavy atom. The molecule has 3 nitrogen and oxygen atoms in total. The zero-order chi connectivity index (χ0) is 14.4. The Kier molecular flexibility index (Phi) is 2.76. The molecule has 0 spiro atoms. The van der Waals surface area contributed by atoms with Crippen LogP contribution in [0.3, 0.4) is 0 Å². The third-order valence-corrected chi connectivity index (χ3v) is 4.89. The van der Waals surface area contributed by atoms with Crippen molar-refractivity contribution in [2.45, 2.75) is 24.3 Å². The van der Waals surface area contributed by atoms with E-state index >= 15 is 0 Å². The summed E-state index contributed by atoms with van der Waals surface area (Å²) in [5.41, 5.74) is 1.94. The maximum atomic E-state index is 13.6. The first-order valence-corrected chi connectivity index (χ1v) is 7.34. The van der Waals surface area contributed by atoms with Crippen LogP contribution < -0.4 is 10.9 Å². The van der Waals surface area contributed by atoms with Gasteiger partial charge in [-0.15, -0.1) is 0 Å². The highest BCUT2D eigenvalue weighted by molar-refractivity contribution is 5.32. The quantitative estimate of drug-likeness (QED) is 0.869. The van der Waals surface area contributed by atoms with Gasteiger partial charge < -0.3 is 9.88 Å². The van der Waals surface area contributed by atoms with Gasteiger partial charge in [-0.25, -0.2) is 4.39 Å². The van der Waals surface area contributed by atoms with E-state index in [2.05, 4.69) is 5.32 Å². The predicted molar refractivity (Wildman–Crippen MR) is 79.0 cm³/mol. The van der Waals surface area contributed by atoms with Crippen LogP contribution in [0.4, 0.5) is 4.39 Å². The van der Waals surface area contributed by atoms with E-state index in [1.807, 2.05) is 22.8 Å². The largest absolute Gasteiger partial charge is 0.315 e. The predicted octanol–water partition coefficient (Wildman–Crippen LogP) is 2.02. The van der Waals surface area contributed by atoms with Gasteiger partial charge in [-0.2, -0.15) is 0 Å². The Balaban J connectivity index is 1.88. The molecule has 2 aliphatic rings. The van der Waals surface area contributed by atoms with Crippen molar-refractivity contribution in [2.75, 3.05) is 13.1 Å². The van der Waals surface area contributed by atoms with E-state index in [1.54, 1.807) is 18.2 Å². The summed E-state index contributed by atoms with van der Waals surface area (Å²) in [6, 6.07) is 12.3. The van der Waals surface area contributed by atoms with E-state index in [4.69, 9.17) is 0 Å². The Hall–Kier alpha value is -1.94. The van der Waals surface area contributed by atoms with Crippen molar-refractivity contribution in [2.24, 2.45) is 0 Å². The summed E-state index contributed by atoms with van der Waals surface area (Å²) in [6.07, 6.45) is 0.965. The van der Waals surface area contributed by atoms with E-state index < -0.39 is 0 Å². The molecule has 2 bridgehead atoms. The molecule has 4 rings (SSSR count). The molecule has 0 aliphatic carbocycles. The molecule has 2 aliphatic heterocycles. The highest BCUT2D eigenvalue weighted by Crippen LogP contribution is 2.42. The summed E-state index contributed by atoms with van der Waals surface area (Å²) < 4.78 is 15.5. The zero-order valence-corrected chi connectivity index (χ0v) is 11.7. The van der Waals surface area contributed by atoms with Crippen molar-refractivity contribution in [1.82, 2.24) is 9.88 Å². The van der Waals surface area contributed by atoms with E-state index in [0.717, 1.165) is 30.8 Å². The van der Waals surface area contributed by atoms with Crippen molar-refractivity contribution < 1.29 is 4.39 Å². The molecular weight excluding hydrogens is 267 g/mol. The molecule has 0 amide bonds. The summed E-state index contributed by atoms with van der Waals surface area (Å²) >= 11 is 0. The minimum atomic E-state index is -0.213. The lowest BCUT2D eigenvalue weighted by Gasteiger charge is -2.47. The number of nitrogens with one attached hydrogen (secondary N) is 1. The minimum absolute atomic E-state index is 0.0416. The molecule has 2 aromatic rings. The molecule has 0 unspecified atom stereocenters. The third kappa shape index (κ3) is 1.94. The van der Waals surface area contributed by atoms with Crippen molar-refractivity contribution >= 4 is 0 Å². The van der Waals surface area contributed by atoms with Crippen LogP contribution in [0.2, 0.25) is 0 Å². The van der Waals surface area contributed by atoms with Crippen molar-refractivity contribution in [3.05, 3.63) is 69.9 Å². The van der Waals surface area contributed by atoms with Gasteiger partial charge in [-0.05, 0) is 30.2 Å². The number of piperidine rings is 1. The van der Waals surface area contributed by atoms with Gasteiger partial charge in [0.15, 0.2) is 0 Å². The molecule has 3 heterocycles. The number of aromatic nitrogens is 1. The number of halogens is 1. The molecule has 1 saturated heterocycles. The second-order valence-electron chi connectivity index (χ2n) is 6.20.